The Morgan fingerprint density at radius 1 is 1.32 bits per heavy atom. The van der Waals surface area contributed by atoms with Gasteiger partial charge in [-0.3, -0.25) is 0 Å². The molecule has 0 saturated carbocycles. The maximum atomic E-state index is 5.63. The van der Waals surface area contributed by atoms with Gasteiger partial charge >= 0.3 is 6.08 Å². The number of nitrogens with two attached hydrogens (primary N) is 1. The number of hydrogen-bond donors (Lipinski definition) is 1. The number of aryl methyl sites for hydroxylation is 1. The van der Waals surface area contributed by atoms with Crippen LogP contribution in [0.4, 0.5) is 0 Å². The van der Waals surface area contributed by atoms with Crippen LogP contribution in [-0.4, -0.2) is 4.98 Å². The number of benzene rings is 1. The van der Waals surface area contributed by atoms with E-state index in [4.69, 9.17) is 14.9 Å². The second-order valence-corrected chi connectivity index (χ2v) is 5.64. The summed E-state index contributed by atoms with van der Waals surface area (Å²) in [5, 5.41) is 0. The van der Waals surface area contributed by atoms with Crippen LogP contribution < -0.4 is 10.5 Å². The Morgan fingerprint density at radius 3 is 2.58 bits per heavy atom. The van der Waals surface area contributed by atoms with Crippen molar-refractivity contribution in [2.24, 2.45) is 5.73 Å². The fourth-order valence-electron chi connectivity index (χ4n) is 1.75. The lowest BCUT2D eigenvalue weighted by atomic mass is 9.86. The van der Waals surface area contributed by atoms with Crippen molar-refractivity contribution in [2.75, 3.05) is 0 Å². The average molecular weight is 260 g/mol. The van der Waals surface area contributed by atoms with Gasteiger partial charge in [0.05, 0.1) is 5.69 Å². The zero-order valence-corrected chi connectivity index (χ0v) is 11.9. The summed E-state index contributed by atoms with van der Waals surface area (Å²) in [6.07, 6.45) is 1.74. The first-order valence-electron chi connectivity index (χ1n) is 6.33. The number of ether oxygens (including phenoxy) is 1. The van der Waals surface area contributed by atoms with Crippen molar-refractivity contribution in [1.82, 2.24) is 4.98 Å². The van der Waals surface area contributed by atoms with Crippen molar-refractivity contribution in [3.63, 3.8) is 0 Å². The maximum absolute atomic E-state index is 5.63. The highest BCUT2D eigenvalue weighted by molar-refractivity contribution is 5.39. The Bertz CT molecular complexity index is 568. The first-order chi connectivity index (χ1) is 8.90. The summed E-state index contributed by atoms with van der Waals surface area (Å²) in [6, 6.07) is 6.14. The van der Waals surface area contributed by atoms with Crippen LogP contribution in [0.2, 0.25) is 0 Å². The van der Waals surface area contributed by atoms with Gasteiger partial charge in [-0.15, -0.1) is 0 Å². The number of rotatable bonds is 3. The minimum Gasteiger partial charge on any atom is -0.417 e. The zero-order valence-electron chi connectivity index (χ0n) is 11.9. The molecule has 1 heterocycles. The van der Waals surface area contributed by atoms with Gasteiger partial charge in [-0.05, 0) is 29.5 Å². The highest BCUT2D eigenvalue weighted by Gasteiger charge is 2.15. The fraction of sp³-hybridized carbons (Fsp3) is 0.400. The molecule has 0 unspecified atom stereocenters. The van der Waals surface area contributed by atoms with Crippen molar-refractivity contribution in [2.45, 2.75) is 39.7 Å². The highest BCUT2D eigenvalue weighted by atomic mass is 16.6. The molecular formula is C15H20N2O2. The molecule has 4 nitrogen and oxygen atoms in total. The van der Waals surface area contributed by atoms with E-state index in [9.17, 15) is 0 Å². The van der Waals surface area contributed by atoms with Crippen LogP contribution in [0.1, 0.15) is 37.6 Å². The summed E-state index contributed by atoms with van der Waals surface area (Å²) in [4.78, 5) is 4.12. The molecule has 2 aromatic rings. The lowest BCUT2D eigenvalue weighted by molar-refractivity contribution is 0.329. The van der Waals surface area contributed by atoms with Crippen LogP contribution in [-0.2, 0) is 12.0 Å². The van der Waals surface area contributed by atoms with Crippen LogP contribution in [0.25, 0.3) is 0 Å². The molecule has 1 aromatic heterocycles. The van der Waals surface area contributed by atoms with Crippen LogP contribution >= 0.6 is 0 Å². The summed E-state index contributed by atoms with van der Waals surface area (Å²) in [5.41, 5.74) is 8.61. The molecule has 102 valence electrons. The minimum atomic E-state index is 0.124. The smallest absolute Gasteiger partial charge is 0.399 e. The van der Waals surface area contributed by atoms with Crippen molar-refractivity contribution in [3.8, 4) is 11.8 Å². The Balaban J connectivity index is 2.22. The summed E-state index contributed by atoms with van der Waals surface area (Å²) in [6.45, 7) is 8.91. The van der Waals surface area contributed by atoms with Gasteiger partial charge in [-0.1, -0.05) is 32.9 Å². The van der Waals surface area contributed by atoms with E-state index in [1.165, 1.54) is 11.8 Å². The van der Waals surface area contributed by atoms with E-state index >= 15 is 0 Å². The molecule has 0 atom stereocenters. The molecule has 0 amide bonds. The third kappa shape index (κ3) is 3.15. The van der Waals surface area contributed by atoms with Gasteiger partial charge in [-0.2, -0.15) is 4.98 Å². The Kier molecular flexibility index (Phi) is 3.62. The molecular weight excluding hydrogens is 240 g/mol. The molecule has 2 N–H and O–H groups in total. The molecule has 0 bridgehead atoms. The molecule has 19 heavy (non-hydrogen) atoms. The second-order valence-electron chi connectivity index (χ2n) is 5.64. The van der Waals surface area contributed by atoms with Gasteiger partial charge in [0, 0.05) is 6.54 Å². The Labute approximate surface area is 113 Å². The average Bonchev–Trinajstić information content (AvgIpc) is 2.78. The van der Waals surface area contributed by atoms with Crippen molar-refractivity contribution >= 4 is 0 Å². The van der Waals surface area contributed by atoms with Gasteiger partial charge in [0.25, 0.3) is 0 Å². The minimum absolute atomic E-state index is 0.124. The van der Waals surface area contributed by atoms with E-state index in [2.05, 4.69) is 37.9 Å². The number of aromatic nitrogens is 1. The number of oxazole rings is 1. The highest BCUT2D eigenvalue weighted by Crippen LogP contribution is 2.29. The third-order valence-corrected chi connectivity index (χ3v) is 2.98. The predicted octanol–water partition coefficient (Wildman–Crippen LogP) is 3.53. The molecule has 0 radical (unpaired) electrons. The van der Waals surface area contributed by atoms with E-state index in [-0.39, 0.29) is 11.5 Å². The van der Waals surface area contributed by atoms with Gasteiger partial charge < -0.3 is 14.9 Å². The van der Waals surface area contributed by atoms with Crippen LogP contribution in [0.5, 0.6) is 11.8 Å². The van der Waals surface area contributed by atoms with Gasteiger partial charge in [0.15, 0.2) is 0 Å². The third-order valence-electron chi connectivity index (χ3n) is 2.98. The molecule has 0 saturated heterocycles. The molecule has 1 aromatic carbocycles. The Hall–Kier alpha value is -1.81. The van der Waals surface area contributed by atoms with E-state index in [0.29, 0.717) is 12.2 Å². The predicted molar refractivity (Wildman–Crippen MR) is 74.3 cm³/mol. The standard InChI is InChI=1S/C15H20N2O2/c1-10-7-11(15(2,3)4)5-6-13(10)19-14-17-12(8-16)9-18-14/h5-7,9H,8,16H2,1-4H3. The summed E-state index contributed by atoms with van der Waals surface area (Å²) < 4.78 is 10.8. The number of nitrogens with zero attached hydrogens (tertiary/aromatic N) is 1. The summed E-state index contributed by atoms with van der Waals surface area (Å²) >= 11 is 0. The lowest BCUT2D eigenvalue weighted by Crippen LogP contribution is -2.11. The maximum Gasteiger partial charge on any atom is 0.399 e. The molecule has 0 aliphatic carbocycles. The molecule has 4 heteroatoms. The Morgan fingerprint density at radius 2 is 2.05 bits per heavy atom. The number of hydrogen-bond acceptors (Lipinski definition) is 4. The monoisotopic (exact) mass is 260 g/mol. The first kappa shape index (κ1) is 13.6. The lowest BCUT2D eigenvalue weighted by Gasteiger charge is -2.20. The van der Waals surface area contributed by atoms with Crippen LogP contribution in [0.3, 0.4) is 0 Å². The van der Waals surface area contributed by atoms with Crippen LogP contribution in [0.15, 0.2) is 28.9 Å². The normalized spacial score (nSPS) is 11.6. The van der Waals surface area contributed by atoms with E-state index in [1.54, 1.807) is 0 Å². The van der Waals surface area contributed by atoms with Crippen molar-refractivity contribution in [1.29, 1.82) is 0 Å². The SMILES string of the molecule is Cc1cc(C(C)(C)C)ccc1Oc1nc(CN)co1. The molecule has 0 fully saturated rings. The first-order valence-corrected chi connectivity index (χ1v) is 6.33. The summed E-state index contributed by atoms with van der Waals surface area (Å²) in [5.74, 6) is 0.749. The molecule has 0 aliphatic rings. The van der Waals surface area contributed by atoms with E-state index in [1.807, 2.05) is 13.0 Å². The van der Waals surface area contributed by atoms with Gasteiger partial charge in [0.2, 0.25) is 0 Å². The summed E-state index contributed by atoms with van der Waals surface area (Å²) in [7, 11) is 0. The topological polar surface area (TPSA) is 61.3 Å². The van der Waals surface area contributed by atoms with E-state index < -0.39 is 0 Å². The van der Waals surface area contributed by atoms with Crippen molar-refractivity contribution in [3.05, 3.63) is 41.3 Å². The second kappa shape index (κ2) is 5.05. The quantitative estimate of drug-likeness (QED) is 0.917. The molecule has 0 spiro atoms. The van der Waals surface area contributed by atoms with E-state index in [0.717, 1.165) is 11.3 Å². The fourth-order valence-corrected chi connectivity index (χ4v) is 1.75. The zero-order chi connectivity index (χ0) is 14.0. The van der Waals surface area contributed by atoms with Crippen molar-refractivity contribution < 1.29 is 9.15 Å². The largest absolute Gasteiger partial charge is 0.417 e. The molecule has 0 aliphatic heterocycles. The van der Waals surface area contributed by atoms with Gasteiger partial charge in [-0.25, -0.2) is 0 Å². The van der Waals surface area contributed by atoms with Gasteiger partial charge in [0.1, 0.15) is 12.0 Å². The van der Waals surface area contributed by atoms with Crippen LogP contribution in [0, 0.1) is 6.92 Å². The molecule has 2 rings (SSSR count).